The molecule has 0 aromatic rings. The smallest absolute Gasteiger partial charge is 0.262 e. The van der Waals surface area contributed by atoms with Crippen molar-refractivity contribution in [2.24, 2.45) is 0 Å². The predicted octanol–water partition coefficient (Wildman–Crippen LogP) is 2.28. The first-order valence-electron chi connectivity index (χ1n) is 2.93. The Labute approximate surface area is 73.4 Å². The van der Waals surface area contributed by atoms with Crippen LogP contribution in [0, 0.1) is 10.1 Å². The van der Waals surface area contributed by atoms with Crippen molar-refractivity contribution in [3.8, 4) is 0 Å². The van der Waals surface area contributed by atoms with Gasteiger partial charge in [0.1, 0.15) is 0 Å². The summed E-state index contributed by atoms with van der Waals surface area (Å²) in [4.78, 5) is 8.31. The number of halogens is 2. The van der Waals surface area contributed by atoms with Gasteiger partial charge >= 0.3 is 5.00 Å². The monoisotopic (exact) mass is 193 g/mol. The molecule has 0 radical (unpaired) electrons. The van der Waals surface area contributed by atoms with Gasteiger partial charge in [0, 0.05) is 16.0 Å². The Morgan fingerprint density at radius 2 is 2.36 bits per heavy atom. The minimum atomic E-state index is -1.49. The molecule has 1 rings (SSSR count). The molecule has 60 valence electrons. The Morgan fingerprint density at radius 3 is 2.73 bits per heavy atom. The molecule has 0 aromatic heterocycles. The van der Waals surface area contributed by atoms with Gasteiger partial charge in [0.15, 0.2) is 0 Å². The molecular formula is C6H5Cl2NO2. The van der Waals surface area contributed by atoms with Crippen LogP contribution in [0.15, 0.2) is 23.3 Å². The average molecular weight is 194 g/mol. The first-order chi connectivity index (χ1) is 5.04. The van der Waals surface area contributed by atoms with Gasteiger partial charge in [0.2, 0.25) is 0 Å². The Morgan fingerprint density at radius 1 is 1.73 bits per heavy atom. The van der Waals surface area contributed by atoms with Crippen molar-refractivity contribution in [2.45, 2.75) is 11.4 Å². The standard InChI is InChI=1S/C6H5Cl2NO2/c7-5-1-3-6(8,4-2-5)9(10)11/h1-3H,4H2. The summed E-state index contributed by atoms with van der Waals surface area (Å²) < 4.78 is 0. The molecule has 3 nitrogen and oxygen atoms in total. The van der Waals surface area contributed by atoms with E-state index in [9.17, 15) is 10.1 Å². The van der Waals surface area contributed by atoms with E-state index in [1.807, 2.05) is 0 Å². The highest BCUT2D eigenvalue weighted by Crippen LogP contribution is 2.29. The number of rotatable bonds is 1. The summed E-state index contributed by atoms with van der Waals surface area (Å²) >= 11 is 11.1. The molecule has 0 amide bonds. The molecule has 1 aliphatic rings. The zero-order valence-corrected chi connectivity index (χ0v) is 6.97. The van der Waals surface area contributed by atoms with Gasteiger partial charge < -0.3 is 0 Å². The average Bonchev–Trinajstić information content (AvgIpc) is 1.95. The quantitative estimate of drug-likeness (QED) is 0.278. The van der Waals surface area contributed by atoms with Crippen molar-refractivity contribution in [3.05, 3.63) is 33.4 Å². The van der Waals surface area contributed by atoms with Crippen molar-refractivity contribution >= 4 is 23.2 Å². The minimum absolute atomic E-state index is 0.136. The summed E-state index contributed by atoms with van der Waals surface area (Å²) in [6, 6.07) is 0. The lowest BCUT2D eigenvalue weighted by atomic mass is 10.1. The summed E-state index contributed by atoms with van der Waals surface area (Å²) in [6.45, 7) is 0. The maximum atomic E-state index is 10.3. The molecule has 1 atom stereocenters. The highest BCUT2D eigenvalue weighted by atomic mass is 35.5. The second-order valence-electron chi connectivity index (χ2n) is 2.20. The van der Waals surface area contributed by atoms with Gasteiger partial charge in [-0.3, -0.25) is 10.1 Å². The molecule has 1 unspecified atom stereocenters. The molecule has 0 saturated heterocycles. The fourth-order valence-electron chi connectivity index (χ4n) is 0.719. The SMILES string of the molecule is O=[N+]([O-])C1(Cl)C=CC(Cl)=CC1. The highest BCUT2D eigenvalue weighted by molar-refractivity contribution is 6.32. The van der Waals surface area contributed by atoms with Crippen LogP contribution in [0.25, 0.3) is 0 Å². The molecule has 0 spiro atoms. The fraction of sp³-hybridized carbons (Fsp3) is 0.333. The summed E-state index contributed by atoms with van der Waals surface area (Å²) in [6.07, 6.45) is 4.38. The molecule has 1 aliphatic carbocycles. The maximum Gasteiger partial charge on any atom is 0.317 e. The topological polar surface area (TPSA) is 43.1 Å². The number of hydrogen-bond acceptors (Lipinski definition) is 2. The van der Waals surface area contributed by atoms with E-state index in [2.05, 4.69) is 0 Å². The second-order valence-corrected chi connectivity index (χ2v) is 3.29. The molecule has 5 heteroatoms. The van der Waals surface area contributed by atoms with Crippen molar-refractivity contribution in [1.29, 1.82) is 0 Å². The van der Waals surface area contributed by atoms with Crippen molar-refractivity contribution in [2.75, 3.05) is 0 Å². The zero-order valence-electron chi connectivity index (χ0n) is 5.46. The number of nitrogens with zero attached hydrogens (tertiary/aromatic N) is 1. The van der Waals surface area contributed by atoms with Gasteiger partial charge in [-0.2, -0.15) is 0 Å². The van der Waals surface area contributed by atoms with E-state index < -0.39 is 9.92 Å². The molecular weight excluding hydrogens is 189 g/mol. The van der Waals surface area contributed by atoms with E-state index in [4.69, 9.17) is 23.2 Å². The van der Waals surface area contributed by atoms with Crippen LogP contribution in [0.4, 0.5) is 0 Å². The molecule has 0 saturated carbocycles. The predicted molar refractivity (Wildman–Crippen MR) is 43.3 cm³/mol. The number of alkyl halides is 1. The molecule has 0 fully saturated rings. The van der Waals surface area contributed by atoms with Crippen molar-refractivity contribution in [3.63, 3.8) is 0 Å². The van der Waals surface area contributed by atoms with Crippen LogP contribution in [0.1, 0.15) is 6.42 Å². The number of allylic oxidation sites excluding steroid dienone is 2. The molecule has 0 aliphatic heterocycles. The van der Waals surface area contributed by atoms with Gasteiger partial charge in [-0.1, -0.05) is 17.7 Å². The lowest BCUT2D eigenvalue weighted by molar-refractivity contribution is -0.527. The van der Waals surface area contributed by atoms with Gasteiger partial charge in [-0.15, -0.1) is 0 Å². The van der Waals surface area contributed by atoms with Gasteiger partial charge in [-0.25, -0.2) is 0 Å². The summed E-state index contributed by atoms with van der Waals surface area (Å²) in [5.41, 5.74) is 0. The van der Waals surface area contributed by atoms with Gasteiger partial charge in [-0.05, 0) is 17.7 Å². The third-order valence-corrected chi connectivity index (χ3v) is 2.08. The van der Waals surface area contributed by atoms with Crippen molar-refractivity contribution < 1.29 is 4.92 Å². The molecule has 0 heterocycles. The summed E-state index contributed by atoms with van der Waals surface area (Å²) in [7, 11) is 0. The lowest BCUT2D eigenvalue weighted by Gasteiger charge is -2.14. The summed E-state index contributed by atoms with van der Waals surface area (Å²) in [5, 5.41) is 10.8. The van der Waals surface area contributed by atoms with E-state index in [1.165, 1.54) is 18.2 Å². The highest BCUT2D eigenvalue weighted by Gasteiger charge is 2.37. The lowest BCUT2D eigenvalue weighted by Crippen LogP contribution is -2.29. The maximum absolute atomic E-state index is 10.3. The normalized spacial score (nSPS) is 29.8. The zero-order chi connectivity index (χ0) is 8.48. The van der Waals surface area contributed by atoms with Crippen LogP contribution < -0.4 is 0 Å². The van der Waals surface area contributed by atoms with Gasteiger partial charge in [0.25, 0.3) is 0 Å². The number of nitro groups is 1. The van der Waals surface area contributed by atoms with E-state index in [0.717, 1.165) is 0 Å². The summed E-state index contributed by atoms with van der Waals surface area (Å²) in [5.74, 6) is 0. The largest absolute Gasteiger partial charge is 0.317 e. The molecule has 0 N–H and O–H groups in total. The van der Waals surface area contributed by atoms with E-state index in [1.54, 1.807) is 0 Å². The van der Waals surface area contributed by atoms with Crippen LogP contribution in [-0.2, 0) is 0 Å². The third kappa shape index (κ3) is 1.73. The van der Waals surface area contributed by atoms with Crippen LogP contribution in [-0.4, -0.2) is 9.92 Å². The fourth-order valence-corrected chi connectivity index (χ4v) is 1.000. The number of hydrogen-bond donors (Lipinski definition) is 0. The van der Waals surface area contributed by atoms with E-state index >= 15 is 0 Å². The molecule has 11 heavy (non-hydrogen) atoms. The second kappa shape index (κ2) is 2.83. The first kappa shape index (κ1) is 8.56. The third-order valence-electron chi connectivity index (χ3n) is 1.38. The Hall–Kier alpha value is -0.540. The molecule has 0 bridgehead atoms. The van der Waals surface area contributed by atoms with Crippen molar-refractivity contribution in [1.82, 2.24) is 0 Å². The van der Waals surface area contributed by atoms with E-state index in [-0.39, 0.29) is 6.42 Å². The van der Waals surface area contributed by atoms with Crippen LogP contribution in [0.2, 0.25) is 0 Å². The molecule has 0 aromatic carbocycles. The Kier molecular flexibility index (Phi) is 2.20. The van der Waals surface area contributed by atoms with Crippen LogP contribution in [0.5, 0.6) is 0 Å². The van der Waals surface area contributed by atoms with Crippen LogP contribution in [0.3, 0.4) is 0 Å². The Balaban J connectivity index is 2.82. The van der Waals surface area contributed by atoms with Gasteiger partial charge in [0.05, 0.1) is 6.42 Å². The van der Waals surface area contributed by atoms with E-state index in [0.29, 0.717) is 5.03 Å². The van der Waals surface area contributed by atoms with Crippen LogP contribution >= 0.6 is 23.2 Å². The first-order valence-corrected chi connectivity index (χ1v) is 3.68. The minimum Gasteiger partial charge on any atom is -0.262 e. The Bertz CT molecular complexity index is 249.